The molecule has 1 heterocycles. The summed E-state index contributed by atoms with van der Waals surface area (Å²) in [6.45, 7) is 0. The number of anilines is 3. The molecule has 3 aromatic rings. The highest BCUT2D eigenvalue weighted by Crippen LogP contribution is 2.28. The third kappa shape index (κ3) is 3.36. The highest BCUT2D eigenvalue weighted by atomic mass is 79.9. The second kappa shape index (κ2) is 6.77. The highest BCUT2D eigenvalue weighted by molar-refractivity contribution is 9.10. The van der Waals surface area contributed by atoms with Crippen molar-refractivity contribution >= 4 is 44.3 Å². The van der Waals surface area contributed by atoms with Crippen LogP contribution in [0, 0.1) is 0 Å². The fourth-order valence-corrected chi connectivity index (χ4v) is 3.43. The maximum absolute atomic E-state index is 4.74. The third-order valence-electron chi connectivity index (χ3n) is 4.40. The summed E-state index contributed by atoms with van der Waals surface area (Å²) in [6.07, 6.45) is 5.02. The first kappa shape index (κ1) is 15.4. The number of nitrogens with zero attached hydrogens (tertiary/aromatic N) is 2. The van der Waals surface area contributed by atoms with E-state index in [2.05, 4.69) is 37.6 Å². The summed E-state index contributed by atoms with van der Waals surface area (Å²) >= 11 is 3.45. The van der Waals surface area contributed by atoms with Gasteiger partial charge in [0.1, 0.15) is 5.82 Å². The molecule has 0 radical (unpaired) electrons. The lowest BCUT2D eigenvalue weighted by molar-refractivity contribution is 0.752. The Morgan fingerprint density at radius 2 is 1.67 bits per heavy atom. The lowest BCUT2D eigenvalue weighted by Gasteiger charge is -2.16. The monoisotopic (exact) mass is 382 g/mol. The minimum Gasteiger partial charge on any atom is -0.367 e. The number of hydrogen-bond acceptors (Lipinski definition) is 4. The van der Waals surface area contributed by atoms with Crippen molar-refractivity contribution in [3.63, 3.8) is 0 Å². The largest absolute Gasteiger partial charge is 0.367 e. The molecule has 1 saturated carbocycles. The molecule has 24 heavy (non-hydrogen) atoms. The van der Waals surface area contributed by atoms with Crippen LogP contribution in [0.2, 0.25) is 0 Å². The number of para-hydroxylation sites is 1. The van der Waals surface area contributed by atoms with Gasteiger partial charge >= 0.3 is 0 Å². The van der Waals surface area contributed by atoms with E-state index < -0.39 is 0 Å². The summed E-state index contributed by atoms with van der Waals surface area (Å²) < 4.78 is 1.05. The molecule has 4 rings (SSSR count). The van der Waals surface area contributed by atoms with Crippen molar-refractivity contribution in [2.45, 2.75) is 31.7 Å². The van der Waals surface area contributed by atoms with Gasteiger partial charge in [-0.05, 0) is 49.2 Å². The van der Waals surface area contributed by atoms with E-state index in [0.717, 1.165) is 26.9 Å². The third-order valence-corrected chi connectivity index (χ3v) is 4.93. The molecule has 5 heteroatoms. The molecule has 1 aliphatic rings. The number of fused-ring (bicyclic) bond motifs is 1. The van der Waals surface area contributed by atoms with Crippen molar-refractivity contribution in [1.29, 1.82) is 0 Å². The number of rotatable bonds is 4. The van der Waals surface area contributed by atoms with Crippen molar-refractivity contribution < 1.29 is 0 Å². The first-order valence-electron chi connectivity index (χ1n) is 8.34. The Morgan fingerprint density at radius 1 is 0.917 bits per heavy atom. The van der Waals surface area contributed by atoms with Gasteiger partial charge in [0.15, 0.2) is 0 Å². The van der Waals surface area contributed by atoms with E-state index in [0.29, 0.717) is 12.0 Å². The zero-order chi connectivity index (χ0) is 16.4. The van der Waals surface area contributed by atoms with Gasteiger partial charge in [-0.25, -0.2) is 4.98 Å². The Morgan fingerprint density at radius 3 is 2.46 bits per heavy atom. The molecule has 0 saturated heterocycles. The second-order valence-corrected chi connectivity index (χ2v) is 7.09. The van der Waals surface area contributed by atoms with Gasteiger partial charge in [-0.3, -0.25) is 0 Å². The zero-order valence-electron chi connectivity index (χ0n) is 13.3. The summed E-state index contributed by atoms with van der Waals surface area (Å²) in [7, 11) is 0. The van der Waals surface area contributed by atoms with Crippen LogP contribution in [0.25, 0.3) is 10.9 Å². The minimum atomic E-state index is 0.517. The summed E-state index contributed by atoms with van der Waals surface area (Å²) in [5.41, 5.74) is 1.92. The van der Waals surface area contributed by atoms with Crippen LogP contribution < -0.4 is 10.6 Å². The van der Waals surface area contributed by atoms with E-state index in [1.165, 1.54) is 25.7 Å². The lowest BCUT2D eigenvalue weighted by Crippen LogP contribution is -2.16. The van der Waals surface area contributed by atoms with Crippen LogP contribution in [0.1, 0.15) is 25.7 Å². The molecule has 0 bridgehead atoms. The van der Waals surface area contributed by atoms with E-state index in [-0.39, 0.29) is 0 Å². The first-order chi connectivity index (χ1) is 11.8. The lowest BCUT2D eigenvalue weighted by atomic mass is 10.2. The Kier molecular flexibility index (Phi) is 4.34. The van der Waals surface area contributed by atoms with Crippen LogP contribution in [0.4, 0.5) is 17.5 Å². The maximum Gasteiger partial charge on any atom is 0.229 e. The normalized spacial score (nSPS) is 14.9. The molecule has 122 valence electrons. The molecular weight excluding hydrogens is 364 g/mol. The van der Waals surface area contributed by atoms with Crippen molar-refractivity contribution in [2.24, 2.45) is 0 Å². The Hall–Kier alpha value is -2.14. The van der Waals surface area contributed by atoms with E-state index in [4.69, 9.17) is 4.98 Å². The van der Waals surface area contributed by atoms with Gasteiger partial charge in [-0.15, -0.1) is 0 Å². The van der Waals surface area contributed by atoms with Crippen molar-refractivity contribution in [3.8, 4) is 0 Å². The molecule has 2 aromatic carbocycles. The summed E-state index contributed by atoms with van der Waals surface area (Å²) in [4.78, 5) is 9.39. The molecule has 2 N–H and O–H groups in total. The van der Waals surface area contributed by atoms with Gasteiger partial charge < -0.3 is 10.6 Å². The maximum atomic E-state index is 4.74. The smallest absolute Gasteiger partial charge is 0.229 e. The van der Waals surface area contributed by atoms with Crippen molar-refractivity contribution in [1.82, 2.24) is 9.97 Å². The first-order valence-corrected chi connectivity index (χ1v) is 9.13. The SMILES string of the molecule is Brc1ccc(Nc2nc(NC3CCCC3)c3ccccc3n2)cc1. The fraction of sp³-hybridized carbons (Fsp3) is 0.263. The summed E-state index contributed by atoms with van der Waals surface area (Å²) in [5.74, 6) is 1.55. The van der Waals surface area contributed by atoms with Crippen molar-refractivity contribution in [3.05, 3.63) is 53.0 Å². The summed E-state index contributed by atoms with van der Waals surface area (Å²) in [6, 6.07) is 16.7. The van der Waals surface area contributed by atoms with Gasteiger partial charge in [-0.2, -0.15) is 4.98 Å². The quantitative estimate of drug-likeness (QED) is 0.626. The predicted molar refractivity (Wildman–Crippen MR) is 103 cm³/mol. The molecule has 0 aliphatic heterocycles. The number of benzene rings is 2. The predicted octanol–water partition coefficient (Wildman–Crippen LogP) is 5.49. The molecule has 0 unspecified atom stereocenters. The second-order valence-electron chi connectivity index (χ2n) is 6.17. The summed E-state index contributed by atoms with van der Waals surface area (Å²) in [5, 5.41) is 8.00. The molecule has 1 aliphatic carbocycles. The molecule has 0 spiro atoms. The van der Waals surface area contributed by atoms with E-state index in [1.54, 1.807) is 0 Å². The van der Waals surface area contributed by atoms with Gasteiger partial charge in [0.05, 0.1) is 5.52 Å². The molecule has 0 atom stereocenters. The van der Waals surface area contributed by atoms with E-state index in [9.17, 15) is 0 Å². The van der Waals surface area contributed by atoms with Crippen LogP contribution in [-0.4, -0.2) is 16.0 Å². The topological polar surface area (TPSA) is 49.8 Å². The Labute approximate surface area is 149 Å². The van der Waals surface area contributed by atoms with Crippen LogP contribution in [0.3, 0.4) is 0 Å². The molecular formula is C19H19BrN4. The highest BCUT2D eigenvalue weighted by Gasteiger charge is 2.17. The van der Waals surface area contributed by atoms with Gasteiger partial charge in [0.2, 0.25) is 5.95 Å². The number of nitrogens with one attached hydrogen (secondary N) is 2. The fourth-order valence-electron chi connectivity index (χ4n) is 3.17. The minimum absolute atomic E-state index is 0.517. The van der Waals surface area contributed by atoms with E-state index in [1.807, 2.05) is 42.5 Å². The molecule has 1 fully saturated rings. The average molecular weight is 383 g/mol. The van der Waals surface area contributed by atoms with Crippen LogP contribution in [-0.2, 0) is 0 Å². The Bertz CT molecular complexity index is 842. The average Bonchev–Trinajstić information content (AvgIpc) is 3.10. The van der Waals surface area contributed by atoms with Crippen LogP contribution in [0.15, 0.2) is 53.0 Å². The van der Waals surface area contributed by atoms with Gasteiger partial charge in [-0.1, -0.05) is 40.9 Å². The zero-order valence-corrected chi connectivity index (χ0v) is 14.9. The number of halogens is 1. The molecule has 1 aromatic heterocycles. The van der Waals surface area contributed by atoms with E-state index >= 15 is 0 Å². The standard InChI is InChI=1S/C19H19BrN4/c20-13-9-11-15(12-10-13)22-19-23-17-8-4-3-7-16(17)18(24-19)21-14-5-1-2-6-14/h3-4,7-12,14H,1-2,5-6H2,(H2,21,22,23,24). The number of hydrogen-bond donors (Lipinski definition) is 2. The van der Waals surface area contributed by atoms with Crippen LogP contribution in [0.5, 0.6) is 0 Å². The molecule has 0 amide bonds. The Balaban J connectivity index is 1.68. The van der Waals surface area contributed by atoms with Gasteiger partial charge in [0, 0.05) is 21.6 Å². The molecule has 4 nitrogen and oxygen atoms in total. The van der Waals surface area contributed by atoms with Crippen molar-refractivity contribution in [2.75, 3.05) is 10.6 Å². The van der Waals surface area contributed by atoms with Crippen LogP contribution >= 0.6 is 15.9 Å². The number of aromatic nitrogens is 2. The van der Waals surface area contributed by atoms with Gasteiger partial charge in [0.25, 0.3) is 0 Å².